The predicted molar refractivity (Wildman–Crippen MR) is 79.3 cm³/mol. The highest BCUT2D eigenvalue weighted by Crippen LogP contribution is 2.33. The van der Waals surface area contributed by atoms with Gasteiger partial charge in [-0.3, -0.25) is 0 Å². The van der Waals surface area contributed by atoms with Crippen molar-refractivity contribution in [1.29, 1.82) is 5.26 Å². The smallest absolute Gasteiger partial charge is 0.119 e. The van der Waals surface area contributed by atoms with Gasteiger partial charge in [0.2, 0.25) is 0 Å². The Balaban J connectivity index is 1.94. The SMILES string of the molecule is COc1ccc(NC2=C(C#N)Cc3ccccc32)cc1. The summed E-state index contributed by atoms with van der Waals surface area (Å²) in [6, 6.07) is 18.1. The maximum Gasteiger partial charge on any atom is 0.119 e. The maximum absolute atomic E-state index is 9.30. The van der Waals surface area contributed by atoms with Crippen molar-refractivity contribution in [3.05, 3.63) is 65.2 Å². The van der Waals surface area contributed by atoms with Crippen molar-refractivity contribution >= 4 is 11.4 Å². The molecule has 0 aliphatic heterocycles. The summed E-state index contributed by atoms with van der Waals surface area (Å²) in [5.74, 6) is 0.817. The van der Waals surface area contributed by atoms with Crippen molar-refractivity contribution in [2.75, 3.05) is 12.4 Å². The molecule has 98 valence electrons. The summed E-state index contributed by atoms with van der Waals surface area (Å²) in [5, 5.41) is 12.7. The minimum Gasteiger partial charge on any atom is -0.497 e. The fourth-order valence-corrected chi connectivity index (χ4v) is 2.42. The van der Waals surface area contributed by atoms with E-state index in [9.17, 15) is 5.26 Å². The second-order valence-corrected chi connectivity index (χ2v) is 4.65. The van der Waals surface area contributed by atoms with Crippen molar-refractivity contribution in [1.82, 2.24) is 0 Å². The van der Waals surface area contributed by atoms with Gasteiger partial charge in [-0.1, -0.05) is 24.3 Å². The average Bonchev–Trinajstić information content (AvgIpc) is 2.86. The Hall–Kier alpha value is -2.73. The van der Waals surface area contributed by atoms with Crippen molar-refractivity contribution in [3.8, 4) is 11.8 Å². The third-order valence-electron chi connectivity index (χ3n) is 3.45. The van der Waals surface area contributed by atoms with E-state index in [1.54, 1.807) is 7.11 Å². The van der Waals surface area contributed by atoms with E-state index < -0.39 is 0 Å². The Morgan fingerprint density at radius 3 is 2.55 bits per heavy atom. The summed E-state index contributed by atoms with van der Waals surface area (Å²) >= 11 is 0. The lowest BCUT2D eigenvalue weighted by atomic mass is 10.1. The summed E-state index contributed by atoms with van der Waals surface area (Å²) in [5.41, 5.74) is 4.94. The Kier molecular flexibility index (Phi) is 3.14. The number of benzene rings is 2. The first-order valence-corrected chi connectivity index (χ1v) is 6.44. The van der Waals surface area contributed by atoms with E-state index in [0.717, 1.165) is 28.3 Å². The summed E-state index contributed by atoms with van der Waals surface area (Å²) < 4.78 is 5.15. The lowest BCUT2D eigenvalue weighted by Gasteiger charge is -2.10. The Morgan fingerprint density at radius 2 is 1.85 bits per heavy atom. The number of ether oxygens (including phenoxy) is 1. The van der Waals surface area contributed by atoms with Crippen LogP contribution in [-0.4, -0.2) is 7.11 Å². The number of hydrogen-bond acceptors (Lipinski definition) is 3. The molecule has 1 aliphatic rings. The molecule has 0 spiro atoms. The highest BCUT2D eigenvalue weighted by molar-refractivity contribution is 5.86. The summed E-state index contributed by atoms with van der Waals surface area (Å²) in [6.45, 7) is 0. The molecule has 0 atom stereocenters. The van der Waals surface area contributed by atoms with Crippen molar-refractivity contribution in [2.24, 2.45) is 0 Å². The minimum absolute atomic E-state index is 0.700. The highest BCUT2D eigenvalue weighted by atomic mass is 16.5. The monoisotopic (exact) mass is 262 g/mol. The topological polar surface area (TPSA) is 45.0 Å². The highest BCUT2D eigenvalue weighted by Gasteiger charge is 2.21. The van der Waals surface area contributed by atoms with Crippen LogP contribution in [0, 0.1) is 11.3 Å². The van der Waals surface area contributed by atoms with Gasteiger partial charge in [0.05, 0.1) is 24.4 Å². The molecule has 3 heteroatoms. The van der Waals surface area contributed by atoms with Crippen LogP contribution in [0.1, 0.15) is 11.1 Å². The fraction of sp³-hybridized carbons (Fsp3) is 0.118. The molecule has 0 saturated heterocycles. The normalized spacial score (nSPS) is 12.8. The summed E-state index contributed by atoms with van der Waals surface area (Å²) in [6.07, 6.45) is 0.700. The van der Waals surface area contributed by atoms with Crippen LogP contribution in [0.5, 0.6) is 5.75 Å². The van der Waals surface area contributed by atoms with Gasteiger partial charge in [0.15, 0.2) is 0 Å². The third kappa shape index (κ3) is 2.12. The fourth-order valence-electron chi connectivity index (χ4n) is 2.42. The van der Waals surface area contributed by atoms with Crippen LogP contribution in [0.3, 0.4) is 0 Å². The Morgan fingerprint density at radius 1 is 1.10 bits per heavy atom. The maximum atomic E-state index is 9.30. The van der Waals surface area contributed by atoms with E-state index in [2.05, 4.69) is 17.5 Å². The van der Waals surface area contributed by atoms with E-state index in [1.165, 1.54) is 5.56 Å². The number of anilines is 1. The zero-order chi connectivity index (χ0) is 13.9. The molecule has 0 aromatic heterocycles. The van der Waals surface area contributed by atoms with Crippen molar-refractivity contribution in [3.63, 3.8) is 0 Å². The molecule has 2 aromatic rings. The van der Waals surface area contributed by atoms with Crippen LogP contribution in [0.15, 0.2) is 54.1 Å². The zero-order valence-electron chi connectivity index (χ0n) is 11.2. The van der Waals surface area contributed by atoms with E-state index in [4.69, 9.17) is 4.74 Å². The van der Waals surface area contributed by atoms with Crippen LogP contribution in [0.4, 0.5) is 5.69 Å². The molecular formula is C17H14N2O. The van der Waals surface area contributed by atoms with Crippen molar-refractivity contribution in [2.45, 2.75) is 6.42 Å². The quantitative estimate of drug-likeness (QED) is 0.919. The molecule has 1 aliphatic carbocycles. The second kappa shape index (κ2) is 5.10. The minimum atomic E-state index is 0.700. The zero-order valence-corrected chi connectivity index (χ0v) is 11.2. The van der Waals surface area contributed by atoms with E-state index in [-0.39, 0.29) is 0 Å². The van der Waals surface area contributed by atoms with Gasteiger partial charge in [0.1, 0.15) is 5.75 Å². The molecule has 0 unspecified atom stereocenters. The molecule has 0 radical (unpaired) electrons. The van der Waals surface area contributed by atoms with Crippen molar-refractivity contribution < 1.29 is 4.74 Å². The lowest BCUT2D eigenvalue weighted by molar-refractivity contribution is 0.415. The molecule has 0 saturated carbocycles. The first-order valence-electron chi connectivity index (χ1n) is 6.44. The van der Waals surface area contributed by atoms with Gasteiger partial charge in [0, 0.05) is 17.7 Å². The number of nitrogens with one attached hydrogen (secondary N) is 1. The number of rotatable bonds is 3. The van der Waals surface area contributed by atoms with Crippen LogP contribution >= 0.6 is 0 Å². The first-order chi connectivity index (χ1) is 9.81. The Labute approximate surface area is 118 Å². The molecular weight excluding hydrogens is 248 g/mol. The first kappa shape index (κ1) is 12.3. The molecule has 0 fully saturated rings. The predicted octanol–water partition coefficient (Wildman–Crippen LogP) is 3.60. The number of fused-ring (bicyclic) bond motifs is 1. The third-order valence-corrected chi connectivity index (χ3v) is 3.45. The number of hydrogen-bond donors (Lipinski definition) is 1. The van der Waals surface area contributed by atoms with E-state index >= 15 is 0 Å². The van der Waals surface area contributed by atoms with Gasteiger partial charge in [-0.15, -0.1) is 0 Å². The van der Waals surface area contributed by atoms with Crippen LogP contribution in [-0.2, 0) is 6.42 Å². The number of nitriles is 1. The Bertz CT molecular complexity index is 709. The largest absolute Gasteiger partial charge is 0.497 e. The van der Waals surface area contributed by atoms with Gasteiger partial charge in [-0.25, -0.2) is 0 Å². The van der Waals surface area contributed by atoms with Gasteiger partial charge < -0.3 is 10.1 Å². The van der Waals surface area contributed by atoms with Gasteiger partial charge in [0.25, 0.3) is 0 Å². The van der Waals surface area contributed by atoms with Gasteiger partial charge >= 0.3 is 0 Å². The molecule has 20 heavy (non-hydrogen) atoms. The number of nitrogens with zero attached hydrogens (tertiary/aromatic N) is 1. The number of methoxy groups -OCH3 is 1. The summed E-state index contributed by atoms with van der Waals surface area (Å²) in [4.78, 5) is 0. The molecule has 3 nitrogen and oxygen atoms in total. The van der Waals surface area contributed by atoms with Crippen LogP contribution < -0.4 is 10.1 Å². The molecule has 3 rings (SSSR count). The van der Waals surface area contributed by atoms with E-state index in [1.807, 2.05) is 42.5 Å². The van der Waals surface area contributed by atoms with Crippen LogP contribution in [0.2, 0.25) is 0 Å². The van der Waals surface area contributed by atoms with E-state index in [0.29, 0.717) is 6.42 Å². The lowest BCUT2D eigenvalue weighted by Crippen LogP contribution is -1.98. The second-order valence-electron chi connectivity index (χ2n) is 4.65. The molecule has 1 N–H and O–H groups in total. The van der Waals surface area contributed by atoms with Gasteiger partial charge in [-0.2, -0.15) is 5.26 Å². The molecule has 0 heterocycles. The average molecular weight is 262 g/mol. The summed E-state index contributed by atoms with van der Waals surface area (Å²) in [7, 11) is 1.64. The molecule has 0 amide bonds. The molecule has 0 bridgehead atoms. The molecule has 2 aromatic carbocycles. The van der Waals surface area contributed by atoms with Crippen LogP contribution in [0.25, 0.3) is 5.70 Å². The number of allylic oxidation sites excluding steroid dienone is 1. The standard InChI is InChI=1S/C17H14N2O/c1-20-15-8-6-14(7-9-15)19-17-13(11-18)10-12-4-2-3-5-16(12)17/h2-9,19H,10H2,1H3. The van der Waals surface area contributed by atoms with Gasteiger partial charge in [-0.05, 0) is 29.8 Å².